The van der Waals surface area contributed by atoms with Crippen molar-refractivity contribution in [1.82, 2.24) is 14.8 Å². The smallest absolute Gasteiger partial charge is 0.255 e. The summed E-state index contributed by atoms with van der Waals surface area (Å²) < 4.78 is 1.62. The molecule has 1 aliphatic rings. The van der Waals surface area contributed by atoms with Crippen LogP contribution in [0.1, 0.15) is 5.56 Å². The standard InChI is InChI=1S/C17H20N4O2/c18-17(23)15-10-19-8-9-20(15)11-13-6-7-16(22)21(12-13)14-4-2-1-3-5-14/h1-7,12,15,19H,8-11H2,(H2,18,23)/t15-/m0/s1. The van der Waals surface area contributed by atoms with Crippen LogP contribution in [0.2, 0.25) is 0 Å². The van der Waals surface area contributed by atoms with Crippen LogP contribution in [-0.2, 0) is 11.3 Å². The van der Waals surface area contributed by atoms with Crippen LogP contribution in [0.3, 0.4) is 0 Å². The molecule has 0 bridgehead atoms. The molecule has 23 heavy (non-hydrogen) atoms. The Hall–Kier alpha value is -2.44. The Bertz CT molecular complexity index is 742. The van der Waals surface area contributed by atoms with Crippen LogP contribution < -0.4 is 16.6 Å². The van der Waals surface area contributed by atoms with E-state index in [0.29, 0.717) is 13.1 Å². The SMILES string of the molecule is NC(=O)[C@@H]1CNCCN1Cc1ccc(=O)n(-c2ccccc2)c1. The van der Waals surface area contributed by atoms with Gasteiger partial charge in [0, 0.05) is 44.1 Å². The molecule has 0 radical (unpaired) electrons. The first-order chi connectivity index (χ1) is 11.1. The van der Waals surface area contributed by atoms with Crippen molar-refractivity contribution >= 4 is 5.91 Å². The van der Waals surface area contributed by atoms with Crippen LogP contribution in [0, 0.1) is 0 Å². The van der Waals surface area contributed by atoms with E-state index in [-0.39, 0.29) is 17.5 Å². The minimum atomic E-state index is -0.325. The predicted octanol–water partition coefficient (Wildman–Crippen LogP) is 0.0966. The van der Waals surface area contributed by atoms with Gasteiger partial charge in [0.2, 0.25) is 5.91 Å². The summed E-state index contributed by atoms with van der Waals surface area (Å²) in [5.41, 5.74) is 7.20. The number of pyridine rings is 1. The number of primary amides is 1. The molecule has 3 N–H and O–H groups in total. The third-order valence-electron chi connectivity index (χ3n) is 4.08. The van der Waals surface area contributed by atoms with Crippen LogP contribution in [0.4, 0.5) is 0 Å². The van der Waals surface area contributed by atoms with Gasteiger partial charge in [0.1, 0.15) is 6.04 Å². The Morgan fingerprint density at radius 1 is 1.22 bits per heavy atom. The fraction of sp³-hybridized carbons (Fsp3) is 0.294. The quantitative estimate of drug-likeness (QED) is 0.839. The number of piperazine rings is 1. The number of amides is 1. The number of carbonyl (C=O) groups excluding carboxylic acids is 1. The van der Waals surface area contributed by atoms with E-state index in [2.05, 4.69) is 5.32 Å². The van der Waals surface area contributed by atoms with Gasteiger partial charge in [-0.15, -0.1) is 0 Å². The Morgan fingerprint density at radius 2 is 2.00 bits per heavy atom. The maximum atomic E-state index is 12.1. The van der Waals surface area contributed by atoms with Crippen LogP contribution in [-0.4, -0.2) is 41.1 Å². The highest BCUT2D eigenvalue weighted by molar-refractivity contribution is 5.80. The third-order valence-corrected chi connectivity index (χ3v) is 4.08. The number of hydrogen-bond acceptors (Lipinski definition) is 4. The zero-order valence-corrected chi connectivity index (χ0v) is 12.8. The van der Waals surface area contributed by atoms with E-state index in [0.717, 1.165) is 24.3 Å². The molecule has 120 valence electrons. The molecule has 2 heterocycles. The molecule has 2 aromatic rings. The highest BCUT2D eigenvalue weighted by Crippen LogP contribution is 2.11. The van der Waals surface area contributed by atoms with Gasteiger partial charge >= 0.3 is 0 Å². The molecular weight excluding hydrogens is 292 g/mol. The minimum Gasteiger partial charge on any atom is -0.368 e. The zero-order valence-electron chi connectivity index (χ0n) is 12.8. The second-order valence-electron chi connectivity index (χ2n) is 5.67. The van der Waals surface area contributed by atoms with Gasteiger partial charge in [0.25, 0.3) is 5.56 Å². The predicted molar refractivity (Wildman–Crippen MR) is 88.3 cm³/mol. The van der Waals surface area contributed by atoms with Crippen molar-refractivity contribution in [3.05, 3.63) is 64.6 Å². The third kappa shape index (κ3) is 3.49. The molecule has 1 atom stereocenters. The van der Waals surface area contributed by atoms with Crippen molar-refractivity contribution in [2.45, 2.75) is 12.6 Å². The lowest BCUT2D eigenvalue weighted by atomic mass is 10.1. The van der Waals surface area contributed by atoms with Gasteiger partial charge in [-0.3, -0.25) is 19.1 Å². The molecule has 1 aromatic carbocycles. The Labute approximate surface area is 134 Å². The summed E-state index contributed by atoms with van der Waals surface area (Å²) >= 11 is 0. The summed E-state index contributed by atoms with van der Waals surface area (Å²) in [6.07, 6.45) is 1.83. The second kappa shape index (κ2) is 6.76. The maximum absolute atomic E-state index is 12.1. The summed E-state index contributed by atoms with van der Waals surface area (Å²) in [4.78, 5) is 25.7. The normalized spacial score (nSPS) is 18.7. The van der Waals surface area contributed by atoms with E-state index in [4.69, 9.17) is 5.73 Å². The van der Waals surface area contributed by atoms with Gasteiger partial charge in [0.15, 0.2) is 0 Å². The monoisotopic (exact) mass is 312 g/mol. The molecule has 3 rings (SSSR count). The number of hydrogen-bond donors (Lipinski definition) is 2. The average Bonchev–Trinajstić information content (AvgIpc) is 2.58. The summed E-state index contributed by atoms with van der Waals surface area (Å²) in [6.45, 7) is 2.72. The van der Waals surface area contributed by atoms with Crippen LogP contribution >= 0.6 is 0 Å². The first-order valence-electron chi connectivity index (χ1n) is 7.66. The zero-order chi connectivity index (χ0) is 16.2. The van der Waals surface area contributed by atoms with E-state index in [1.165, 1.54) is 0 Å². The number of nitrogens with zero attached hydrogens (tertiary/aromatic N) is 2. The lowest BCUT2D eigenvalue weighted by Gasteiger charge is -2.34. The molecule has 1 amide bonds. The molecular formula is C17H20N4O2. The van der Waals surface area contributed by atoms with Gasteiger partial charge in [-0.2, -0.15) is 0 Å². The maximum Gasteiger partial charge on any atom is 0.255 e. The lowest BCUT2D eigenvalue weighted by molar-refractivity contribution is -0.124. The van der Waals surface area contributed by atoms with Gasteiger partial charge in [-0.1, -0.05) is 24.3 Å². The van der Waals surface area contributed by atoms with E-state index >= 15 is 0 Å². The minimum absolute atomic E-state index is 0.0771. The van der Waals surface area contributed by atoms with Crippen molar-refractivity contribution < 1.29 is 4.79 Å². The summed E-state index contributed by atoms with van der Waals surface area (Å²) in [5.74, 6) is -0.325. The first kappa shape index (κ1) is 15.5. The second-order valence-corrected chi connectivity index (χ2v) is 5.67. The van der Waals surface area contributed by atoms with Gasteiger partial charge in [-0.05, 0) is 17.7 Å². The molecule has 1 saturated heterocycles. The fourth-order valence-corrected chi connectivity index (χ4v) is 2.87. The number of aromatic nitrogens is 1. The van der Waals surface area contributed by atoms with Crippen molar-refractivity contribution in [3.8, 4) is 5.69 Å². The topological polar surface area (TPSA) is 80.4 Å². The summed E-state index contributed by atoms with van der Waals surface area (Å²) in [5, 5.41) is 3.18. The molecule has 0 unspecified atom stereocenters. The van der Waals surface area contributed by atoms with E-state index in [1.807, 2.05) is 47.5 Å². The number of carbonyl (C=O) groups is 1. The molecule has 6 heteroatoms. The van der Waals surface area contributed by atoms with Crippen molar-refractivity contribution in [2.24, 2.45) is 5.73 Å². The molecule has 0 aliphatic carbocycles. The largest absolute Gasteiger partial charge is 0.368 e. The van der Waals surface area contributed by atoms with Gasteiger partial charge in [0.05, 0.1) is 0 Å². The Balaban J connectivity index is 1.86. The molecule has 0 spiro atoms. The van der Waals surface area contributed by atoms with Crippen LogP contribution in [0.25, 0.3) is 5.69 Å². The highest BCUT2D eigenvalue weighted by atomic mass is 16.1. The number of benzene rings is 1. The lowest BCUT2D eigenvalue weighted by Crippen LogP contribution is -2.56. The van der Waals surface area contributed by atoms with E-state index < -0.39 is 0 Å². The van der Waals surface area contributed by atoms with Crippen molar-refractivity contribution in [2.75, 3.05) is 19.6 Å². The van der Waals surface area contributed by atoms with E-state index in [1.54, 1.807) is 10.6 Å². The van der Waals surface area contributed by atoms with E-state index in [9.17, 15) is 9.59 Å². The summed E-state index contributed by atoms with van der Waals surface area (Å²) in [6, 6.07) is 12.5. The van der Waals surface area contributed by atoms with Gasteiger partial charge < -0.3 is 11.1 Å². The van der Waals surface area contributed by atoms with Crippen molar-refractivity contribution in [3.63, 3.8) is 0 Å². The number of para-hydroxylation sites is 1. The Kier molecular flexibility index (Phi) is 4.55. The number of nitrogens with two attached hydrogens (primary N) is 1. The molecule has 1 fully saturated rings. The molecule has 1 aliphatic heterocycles. The number of rotatable bonds is 4. The van der Waals surface area contributed by atoms with Gasteiger partial charge in [-0.25, -0.2) is 0 Å². The average molecular weight is 312 g/mol. The first-order valence-corrected chi connectivity index (χ1v) is 7.66. The van der Waals surface area contributed by atoms with Crippen LogP contribution in [0.5, 0.6) is 0 Å². The molecule has 1 aromatic heterocycles. The number of nitrogens with one attached hydrogen (secondary N) is 1. The molecule has 6 nitrogen and oxygen atoms in total. The highest BCUT2D eigenvalue weighted by Gasteiger charge is 2.26. The molecule has 0 saturated carbocycles. The fourth-order valence-electron chi connectivity index (χ4n) is 2.87. The Morgan fingerprint density at radius 3 is 2.74 bits per heavy atom. The summed E-state index contributed by atoms with van der Waals surface area (Å²) in [7, 11) is 0. The van der Waals surface area contributed by atoms with Crippen LogP contribution in [0.15, 0.2) is 53.5 Å². The van der Waals surface area contributed by atoms with Crippen molar-refractivity contribution in [1.29, 1.82) is 0 Å².